The smallest absolute Gasteiger partial charge is 0.317 e. The first-order chi connectivity index (χ1) is 17.5. The van der Waals surface area contributed by atoms with Crippen LogP contribution in [0.5, 0.6) is 5.75 Å². The van der Waals surface area contributed by atoms with E-state index in [4.69, 9.17) is 43.0 Å². The monoisotopic (exact) mass is 535 g/mol. The Bertz CT molecular complexity index is 1130. The summed E-state index contributed by atoms with van der Waals surface area (Å²) in [6.07, 6.45) is 1.65. The van der Waals surface area contributed by atoms with Crippen LogP contribution in [0.15, 0.2) is 29.3 Å². The van der Waals surface area contributed by atoms with Gasteiger partial charge in [-0.05, 0) is 37.0 Å². The van der Waals surface area contributed by atoms with Crippen molar-refractivity contribution in [2.24, 2.45) is 16.5 Å². The van der Waals surface area contributed by atoms with E-state index >= 15 is 0 Å². The van der Waals surface area contributed by atoms with Crippen LogP contribution in [0.25, 0.3) is 0 Å². The number of halogens is 1. The number of hydrogen-bond donors (Lipinski definition) is 4. The molecule has 1 atom stereocenters. The highest BCUT2D eigenvalue weighted by Gasteiger charge is 2.16. The molecule has 0 fully saturated rings. The van der Waals surface area contributed by atoms with Gasteiger partial charge in [0, 0.05) is 20.4 Å². The Kier molecular flexibility index (Phi) is 11.4. The topological polar surface area (TPSA) is 207 Å². The molecule has 0 aliphatic rings. The first-order valence-electron chi connectivity index (χ1n) is 11.3. The Hall–Kier alpha value is -4.13. The molecular weight excluding hydrogens is 506 g/mol. The summed E-state index contributed by atoms with van der Waals surface area (Å²) in [4.78, 5) is 45.7. The second kappa shape index (κ2) is 14.4. The van der Waals surface area contributed by atoms with E-state index in [0.717, 1.165) is 24.8 Å². The minimum Gasteiger partial charge on any atom is -0.490 e. The molecule has 0 saturated carbocycles. The van der Waals surface area contributed by atoms with E-state index in [0.29, 0.717) is 12.3 Å². The summed E-state index contributed by atoms with van der Waals surface area (Å²) in [6.45, 7) is 2.92. The molecule has 0 bridgehead atoms. The number of nitrogens with zero attached hydrogens (tertiary/aromatic N) is 3. The number of amides is 2. The standard InChI is InChI=1S/C23H30ClN7O6/c1-13(32)35-11-17(37-14(2)33)12-36-16-8-6-15(7-9-16)5-3-4-10-28-20(25)18-22(31-23(27)34)30-21(26)19(24)29-18/h6-9,17H,3-5,10-12H2,1-2H3,(H2,25,28)(H5,26,27,30,31,34). The molecule has 1 heterocycles. The molecule has 7 N–H and O–H groups in total. The van der Waals surface area contributed by atoms with Crippen molar-refractivity contribution in [1.29, 1.82) is 0 Å². The third-order valence-electron chi connectivity index (χ3n) is 4.68. The summed E-state index contributed by atoms with van der Waals surface area (Å²) in [5.41, 5.74) is 17.9. The van der Waals surface area contributed by atoms with Crippen molar-refractivity contribution in [2.75, 3.05) is 30.8 Å². The van der Waals surface area contributed by atoms with Gasteiger partial charge in [-0.25, -0.2) is 14.8 Å². The molecule has 1 aromatic carbocycles. The van der Waals surface area contributed by atoms with Crippen LogP contribution < -0.4 is 27.3 Å². The van der Waals surface area contributed by atoms with Crippen LogP contribution in [0.1, 0.15) is 37.9 Å². The Balaban J connectivity index is 1.83. The van der Waals surface area contributed by atoms with Gasteiger partial charge in [0.2, 0.25) is 0 Å². The summed E-state index contributed by atoms with van der Waals surface area (Å²) < 4.78 is 15.6. The van der Waals surface area contributed by atoms with Gasteiger partial charge in [0.1, 0.15) is 30.5 Å². The van der Waals surface area contributed by atoms with E-state index in [1.54, 1.807) is 12.1 Å². The molecular formula is C23H30ClN7O6. The minimum absolute atomic E-state index is 0.0245. The Labute approximate surface area is 218 Å². The van der Waals surface area contributed by atoms with Crippen molar-refractivity contribution in [3.05, 3.63) is 40.7 Å². The molecule has 37 heavy (non-hydrogen) atoms. The predicted molar refractivity (Wildman–Crippen MR) is 137 cm³/mol. The summed E-state index contributed by atoms with van der Waals surface area (Å²) in [5, 5.41) is 2.23. The van der Waals surface area contributed by atoms with Crippen molar-refractivity contribution in [2.45, 2.75) is 39.2 Å². The lowest BCUT2D eigenvalue weighted by Crippen LogP contribution is -2.29. The van der Waals surface area contributed by atoms with Gasteiger partial charge >= 0.3 is 18.0 Å². The number of anilines is 2. The number of nitrogens with two attached hydrogens (primary N) is 3. The normalized spacial score (nSPS) is 11.9. The molecule has 13 nitrogen and oxygen atoms in total. The van der Waals surface area contributed by atoms with Crippen LogP contribution in [0.4, 0.5) is 16.4 Å². The van der Waals surface area contributed by atoms with Crippen LogP contribution in [0.3, 0.4) is 0 Å². The van der Waals surface area contributed by atoms with Gasteiger partial charge in [-0.15, -0.1) is 0 Å². The number of nitrogen functional groups attached to an aromatic ring is 1. The highest BCUT2D eigenvalue weighted by Crippen LogP contribution is 2.20. The Morgan fingerprint density at radius 3 is 2.38 bits per heavy atom. The number of primary amides is 1. The average molecular weight is 536 g/mol. The largest absolute Gasteiger partial charge is 0.490 e. The second-order valence-electron chi connectivity index (χ2n) is 7.80. The maximum Gasteiger partial charge on any atom is 0.317 e. The van der Waals surface area contributed by atoms with E-state index in [-0.39, 0.29) is 41.5 Å². The van der Waals surface area contributed by atoms with Gasteiger partial charge in [0.25, 0.3) is 0 Å². The molecule has 2 aromatic rings. The zero-order valence-corrected chi connectivity index (χ0v) is 21.3. The minimum atomic E-state index is -0.854. The number of aliphatic imine (C=N–C) groups is 1. The van der Waals surface area contributed by atoms with Gasteiger partial charge < -0.3 is 31.4 Å². The number of esters is 2. The van der Waals surface area contributed by atoms with Crippen molar-refractivity contribution in [3.8, 4) is 5.75 Å². The SMILES string of the molecule is CC(=O)OCC(COc1ccc(CCCCN=C(N)c2nc(Cl)c(N)nc2NC(N)=O)cc1)OC(C)=O. The number of aryl methyl sites for hydroxylation is 1. The van der Waals surface area contributed by atoms with Crippen molar-refractivity contribution in [3.63, 3.8) is 0 Å². The van der Waals surface area contributed by atoms with Gasteiger partial charge in [-0.3, -0.25) is 19.9 Å². The summed E-state index contributed by atoms with van der Waals surface area (Å²) in [6, 6.07) is 6.60. The number of amidine groups is 1. The molecule has 1 aromatic heterocycles. The van der Waals surface area contributed by atoms with Gasteiger partial charge in [0.15, 0.2) is 22.9 Å². The van der Waals surface area contributed by atoms with E-state index in [2.05, 4.69) is 20.3 Å². The third-order valence-corrected chi connectivity index (χ3v) is 4.96. The quantitative estimate of drug-likeness (QED) is 0.126. The molecule has 0 aliphatic heterocycles. The fourth-order valence-electron chi connectivity index (χ4n) is 3.03. The number of aromatic nitrogens is 2. The van der Waals surface area contributed by atoms with Crippen molar-refractivity contribution < 1.29 is 28.6 Å². The molecule has 0 saturated heterocycles. The highest BCUT2D eigenvalue weighted by atomic mass is 35.5. The maximum atomic E-state index is 11.2. The molecule has 14 heteroatoms. The van der Waals surface area contributed by atoms with E-state index in [1.165, 1.54) is 13.8 Å². The summed E-state index contributed by atoms with van der Waals surface area (Å²) in [7, 11) is 0. The summed E-state index contributed by atoms with van der Waals surface area (Å²) in [5.74, 6) is -0.434. The number of urea groups is 1. The third kappa shape index (κ3) is 10.6. The van der Waals surface area contributed by atoms with E-state index in [9.17, 15) is 14.4 Å². The zero-order chi connectivity index (χ0) is 27.4. The first kappa shape index (κ1) is 29.1. The lowest BCUT2D eigenvalue weighted by Gasteiger charge is -2.17. The number of benzene rings is 1. The lowest BCUT2D eigenvalue weighted by atomic mass is 10.1. The van der Waals surface area contributed by atoms with Gasteiger partial charge in [-0.2, -0.15) is 0 Å². The molecule has 0 spiro atoms. The van der Waals surface area contributed by atoms with Crippen LogP contribution >= 0.6 is 11.6 Å². The molecule has 2 rings (SSSR count). The van der Waals surface area contributed by atoms with Crippen LogP contribution in [0, 0.1) is 0 Å². The molecule has 200 valence electrons. The van der Waals surface area contributed by atoms with Gasteiger partial charge in [-0.1, -0.05) is 23.7 Å². The van der Waals surface area contributed by atoms with Crippen LogP contribution in [0.2, 0.25) is 5.15 Å². The van der Waals surface area contributed by atoms with Crippen molar-refractivity contribution in [1.82, 2.24) is 9.97 Å². The fourth-order valence-corrected chi connectivity index (χ4v) is 3.16. The van der Waals surface area contributed by atoms with Gasteiger partial charge in [0.05, 0.1) is 0 Å². The van der Waals surface area contributed by atoms with Crippen LogP contribution in [-0.4, -0.2) is 59.6 Å². The number of hydrogen-bond acceptors (Lipinski definition) is 10. The zero-order valence-electron chi connectivity index (χ0n) is 20.5. The number of rotatable bonds is 13. The number of carbonyl (C=O) groups excluding carboxylic acids is 3. The lowest BCUT2D eigenvalue weighted by molar-refractivity contribution is -0.158. The number of nitrogens with one attached hydrogen (secondary N) is 1. The number of ether oxygens (including phenoxy) is 3. The Morgan fingerprint density at radius 2 is 1.76 bits per heavy atom. The summed E-state index contributed by atoms with van der Waals surface area (Å²) >= 11 is 5.91. The van der Waals surface area contributed by atoms with E-state index in [1.807, 2.05) is 12.1 Å². The number of unbranched alkanes of at least 4 members (excludes halogenated alkanes) is 1. The second-order valence-corrected chi connectivity index (χ2v) is 8.16. The van der Waals surface area contributed by atoms with Crippen molar-refractivity contribution >= 4 is 47.0 Å². The van der Waals surface area contributed by atoms with E-state index < -0.39 is 24.1 Å². The molecule has 2 amide bonds. The highest BCUT2D eigenvalue weighted by molar-refractivity contribution is 6.31. The fraction of sp³-hybridized carbons (Fsp3) is 0.391. The number of carbonyl (C=O) groups is 3. The molecule has 1 unspecified atom stereocenters. The molecule has 0 radical (unpaired) electrons. The average Bonchev–Trinajstić information content (AvgIpc) is 2.82. The Morgan fingerprint density at radius 1 is 1.05 bits per heavy atom. The van der Waals surface area contributed by atoms with Crippen LogP contribution in [-0.2, 0) is 25.5 Å². The first-order valence-corrected chi connectivity index (χ1v) is 11.6. The maximum absolute atomic E-state index is 11.2. The predicted octanol–water partition coefficient (Wildman–Crippen LogP) is 1.80. The molecule has 0 aliphatic carbocycles.